The third-order valence-electron chi connectivity index (χ3n) is 3.42. The third kappa shape index (κ3) is 3.44. The van der Waals surface area contributed by atoms with E-state index in [1.54, 1.807) is 6.07 Å². The van der Waals surface area contributed by atoms with Crippen molar-refractivity contribution in [2.24, 2.45) is 0 Å². The minimum atomic E-state index is -0.892. The lowest BCUT2D eigenvalue weighted by atomic mass is 9.93. The number of hydrogen-bond donors (Lipinski definition) is 2. The van der Waals surface area contributed by atoms with Crippen molar-refractivity contribution in [2.45, 2.75) is 37.6 Å². The van der Waals surface area contributed by atoms with Crippen LogP contribution in [0.5, 0.6) is 0 Å². The smallest absolute Gasteiger partial charge is 0.305 e. The van der Waals surface area contributed by atoms with Crippen LogP contribution in [0.15, 0.2) is 18.3 Å². The summed E-state index contributed by atoms with van der Waals surface area (Å²) < 4.78 is 0. The molecule has 0 aliphatic heterocycles. The summed E-state index contributed by atoms with van der Waals surface area (Å²) in [5.41, 5.74) is -0.233. The molecule has 1 heterocycles. The van der Waals surface area contributed by atoms with Crippen molar-refractivity contribution in [1.29, 1.82) is 0 Å². The van der Waals surface area contributed by atoms with Gasteiger partial charge in [-0.1, -0.05) is 24.4 Å². The van der Waals surface area contributed by atoms with Gasteiger partial charge in [0.2, 0.25) is 0 Å². The fourth-order valence-electron chi connectivity index (χ4n) is 2.51. The van der Waals surface area contributed by atoms with Crippen molar-refractivity contribution < 1.29 is 14.7 Å². The van der Waals surface area contributed by atoms with E-state index in [-0.39, 0.29) is 12.3 Å². The Bertz CT molecular complexity index is 481. The maximum Gasteiger partial charge on any atom is 0.305 e. The molecule has 1 aromatic rings. The SMILES string of the molecule is O=C(O)CC1(NC(=O)c2ccc(Cl)nc2)CCCC1. The van der Waals surface area contributed by atoms with Gasteiger partial charge in [-0.3, -0.25) is 9.59 Å². The van der Waals surface area contributed by atoms with Crippen LogP contribution in [0.3, 0.4) is 0 Å². The number of hydrogen-bond acceptors (Lipinski definition) is 3. The van der Waals surface area contributed by atoms with E-state index in [1.165, 1.54) is 12.3 Å². The van der Waals surface area contributed by atoms with E-state index in [1.807, 2.05) is 0 Å². The molecule has 6 heteroatoms. The molecule has 1 saturated carbocycles. The molecule has 1 aliphatic carbocycles. The number of carbonyl (C=O) groups excluding carboxylic acids is 1. The second kappa shape index (κ2) is 5.57. The fraction of sp³-hybridized carbons (Fsp3) is 0.462. The lowest BCUT2D eigenvalue weighted by molar-refractivity contribution is -0.138. The average Bonchev–Trinajstić information content (AvgIpc) is 2.77. The van der Waals surface area contributed by atoms with Gasteiger partial charge >= 0.3 is 5.97 Å². The van der Waals surface area contributed by atoms with Crippen LogP contribution < -0.4 is 5.32 Å². The summed E-state index contributed by atoms with van der Waals surface area (Å²) >= 11 is 5.66. The second-order valence-electron chi connectivity index (χ2n) is 4.88. The lowest BCUT2D eigenvalue weighted by Gasteiger charge is -2.28. The Balaban J connectivity index is 2.11. The number of pyridine rings is 1. The quantitative estimate of drug-likeness (QED) is 0.830. The predicted molar refractivity (Wildman–Crippen MR) is 70.2 cm³/mol. The predicted octanol–water partition coefficient (Wildman–Crippen LogP) is 2.25. The molecule has 1 amide bonds. The van der Waals surface area contributed by atoms with E-state index in [0.29, 0.717) is 23.6 Å². The van der Waals surface area contributed by atoms with Crippen LogP contribution in [0.2, 0.25) is 5.15 Å². The molecular weight excluding hydrogens is 268 g/mol. The highest BCUT2D eigenvalue weighted by Gasteiger charge is 2.37. The Labute approximate surface area is 116 Å². The van der Waals surface area contributed by atoms with Crippen molar-refractivity contribution in [3.63, 3.8) is 0 Å². The largest absolute Gasteiger partial charge is 0.481 e. The number of carboxylic acid groups (broad SMARTS) is 1. The Morgan fingerprint density at radius 2 is 2.05 bits per heavy atom. The van der Waals surface area contributed by atoms with Crippen molar-refractivity contribution in [3.8, 4) is 0 Å². The molecule has 1 aliphatic rings. The summed E-state index contributed by atoms with van der Waals surface area (Å²) in [6.07, 6.45) is 4.62. The topological polar surface area (TPSA) is 79.3 Å². The van der Waals surface area contributed by atoms with Gasteiger partial charge in [0.1, 0.15) is 5.15 Å². The number of nitrogens with zero attached hydrogens (tertiary/aromatic N) is 1. The highest BCUT2D eigenvalue weighted by Crippen LogP contribution is 2.32. The van der Waals surface area contributed by atoms with Gasteiger partial charge in [-0.2, -0.15) is 0 Å². The fourth-order valence-corrected chi connectivity index (χ4v) is 2.62. The van der Waals surface area contributed by atoms with Crippen LogP contribution in [0, 0.1) is 0 Å². The first kappa shape index (κ1) is 13.8. The van der Waals surface area contributed by atoms with Crippen LogP contribution in [-0.4, -0.2) is 27.5 Å². The number of aliphatic carboxylic acids is 1. The van der Waals surface area contributed by atoms with Crippen LogP contribution in [0.25, 0.3) is 0 Å². The minimum absolute atomic E-state index is 0.0419. The molecule has 0 aromatic carbocycles. The molecule has 0 atom stereocenters. The van der Waals surface area contributed by atoms with Crippen molar-refractivity contribution in [3.05, 3.63) is 29.0 Å². The number of carboxylic acids is 1. The molecule has 0 unspecified atom stereocenters. The minimum Gasteiger partial charge on any atom is -0.481 e. The molecule has 0 radical (unpaired) electrons. The molecule has 19 heavy (non-hydrogen) atoms. The highest BCUT2D eigenvalue weighted by atomic mass is 35.5. The zero-order chi connectivity index (χ0) is 13.9. The second-order valence-corrected chi connectivity index (χ2v) is 5.27. The number of nitrogens with one attached hydrogen (secondary N) is 1. The summed E-state index contributed by atoms with van der Waals surface area (Å²) in [6.45, 7) is 0. The average molecular weight is 283 g/mol. The summed E-state index contributed by atoms with van der Waals surface area (Å²) in [5, 5.41) is 12.2. The first-order chi connectivity index (χ1) is 9.01. The first-order valence-corrected chi connectivity index (χ1v) is 6.54. The summed E-state index contributed by atoms with van der Waals surface area (Å²) in [4.78, 5) is 26.9. The van der Waals surface area contributed by atoms with Crippen molar-refractivity contribution >= 4 is 23.5 Å². The van der Waals surface area contributed by atoms with Crippen LogP contribution in [-0.2, 0) is 4.79 Å². The van der Waals surface area contributed by atoms with Gasteiger partial charge in [0.05, 0.1) is 17.5 Å². The number of amides is 1. The number of halogens is 1. The number of aromatic nitrogens is 1. The van der Waals surface area contributed by atoms with Crippen molar-refractivity contribution in [1.82, 2.24) is 10.3 Å². The highest BCUT2D eigenvalue weighted by molar-refractivity contribution is 6.29. The van der Waals surface area contributed by atoms with Gasteiger partial charge in [-0.25, -0.2) is 4.98 Å². The van der Waals surface area contributed by atoms with E-state index >= 15 is 0 Å². The van der Waals surface area contributed by atoms with E-state index < -0.39 is 11.5 Å². The Kier molecular flexibility index (Phi) is 4.04. The Morgan fingerprint density at radius 1 is 1.37 bits per heavy atom. The summed E-state index contributed by atoms with van der Waals surface area (Å²) in [6, 6.07) is 3.11. The van der Waals surface area contributed by atoms with Gasteiger partial charge in [-0.05, 0) is 25.0 Å². The standard InChI is InChI=1S/C13H15ClN2O3/c14-10-4-3-9(8-15-10)12(19)16-13(7-11(17)18)5-1-2-6-13/h3-4,8H,1-2,5-7H2,(H,16,19)(H,17,18). The van der Waals surface area contributed by atoms with E-state index in [9.17, 15) is 9.59 Å². The Morgan fingerprint density at radius 3 is 2.58 bits per heavy atom. The van der Waals surface area contributed by atoms with Gasteiger partial charge in [0.25, 0.3) is 5.91 Å². The van der Waals surface area contributed by atoms with Gasteiger partial charge in [0, 0.05) is 6.20 Å². The molecule has 0 spiro atoms. The monoisotopic (exact) mass is 282 g/mol. The van der Waals surface area contributed by atoms with E-state index in [2.05, 4.69) is 10.3 Å². The molecule has 5 nitrogen and oxygen atoms in total. The van der Waals surface area contributed by atoms with Gasteiger partial charge < -0.3 is 10.4 Å². The molecule has 102 valence electrons. The van der Waals surface area contributed by atoms with Gasteiger partial charge in [-0.15, -0.1) is 0 Å². The molecule has 1 aromatic heterocycles. The normalized spacial score (nSPS) is 17.1. The van der Waals surface area contributed by atoms with E-state index in [4.69, 9.17) is 16.7 Å². The zero-order valence-corrected chi connectivity index (χ0v) is 11.1. The third-order valence-corrected chi connectivity index (χ3v) is 3.64. The lowest BCUT2D eigenvalue weighted by Crippen LogP contribution is -2.47. The summed E-state index contributed by atoms with van der Waals surface area (Å²) in [5.74, 6) is -1.19. The van der Waals surface area contributed by atoms with Crippen LogP contribution in [0.4, 0.5) is 0 Å². The van der Waals surface area contributed by atoms with Crippen LogP contribution >= 0.6 is 11.6 Å². The van der Waals surface area contributed by atoms with Crippen molar-refractivity contribution in [2.75, 3.05) is 0 Å². The molecule has 0 saturated heterocycles. The molecule has 2 rings (SSSR count). The van der Waals surface area contributed by atoms with Gasteiger partial charge in [0.15, 0.2) is 0 Å². The number of rotatable bonds is 4. The Hall–Kier alpha value is -1.62. The summed E-state index contributed by atoms with van der Waals surface area (Å²) in [7, 11) is 0. The zero-order valence-electron chi connectivity index (χ0n) is 10.4. The molecule has 0 bridgehead atoms. The molecule has 1 fully saturated rings. The maximum absolute atomic E-state index is 12.1. The molecule has 2 N–H and O–H groups in total. The van der Waals surface area contributed by atoms with E-state index in [0.717, 1.165) is 12.8 Å². The maximum atomic E-state index is 12.1. The molecular formula is C13H15ClN2O3. The first-order valence-electron chi connectivity index (χ1n) is 6.17. The number of carbonyl (C=O) groups is 2. The van der Waals surface area contributed by atoms with Crippen LogP contribution in [0.1, 0.15) is 42.5 Å².